The third-order valence-corrected chi connectivity index (χ3v) is 4.90. The second-order valence-electron chi connectivity index (χ2n) is 6.15. The van der Waals surface area contributed by atoms with Crippen LogP contribution in [0.3, 0.4) is 0 Å². The zero-order valence-electron chi connectivity index (χ0n) is 16.0. The Balaban J connectivity index is 2.23. The SMILES string of the molecule is CCNC(=O)[C@@H](CC)N(Cc1ccccc1Cl)C(=O)COc1ccccc1Cl. The molecule has 0 aliphatic carbocycles. The van der Waals surface area contributed by atoms with Crippen LogP contribution in [0.25, 0.3) is 0 Å². The van der Waals surface area contributed by atoms with E-state index in [1.807, 2.05) is 32.0 Å². The number of rotatable bonds is 9. The number of hydrogen-bond donors (Lipinski definition) is 1. The maximum Gasteiger partial charge on any atom is 0.261 e. The van der Waals surface area contributed by atoms with Crippen molar-refractivity contribution in [3.8, 4) is 5.75 Å². The second-order valence-corrected chi connectivity index (χ2v) is 6.97. The predicted molar refractivity (Wildman–Crippen MR) is 112 cm³/mol. The van der Waals surface area contributed by atoms with E-state index in [1.54, 1.807) is 30.3 Å². The van der Waals surface area contributed by atoms with Crippen molar-refractivity contribution in [2.24, 2.45) is 0 Å². The molecule has 0 bridgehead atoms. The highest BCUT2D eigenvalue weighted by atomic mass is 35.5. The summed E-state index contributed by atoms with van der Waals surface area (Å²) < 4.78 is 5.59. The molecule has 0 aliphatic heterocycles. The van der Waals surface area contributed by atoms with Gasteiger partial charge in [-0.2, -0.15) is 0 Å². The van der Waals surface area contributed by atoms with E-state index in [1.165, 1.54) is 4.90 Å². The summed E-state index contributed by atoms with van der Waals surface area (Å²) in [4.78, 5) is 27.0. The Kier molecular flexibility index (Phi) is 8.61. The first kappa shape index (κ1) is 22.1. The molecule has 0 saturated carbocycles. The van der Waals surface area contributed by atoms with Crippen LogP contribution < -0.4 is 10.1 Å². The molecule has 0 saturated heterocycles. The van der Waals surface area contributed by atoms with E-state index < -0.39 is 6.04 Å². The van der Waals surface area contributed by atoms with Gasteiger partial charge in [0.15, 0.2) is 6.61 Å². The molecule has 0 radical (unpaired) electrons. The fourth-order valence-electron chi connectivity index (χ4n) is 2.81. The van der Waals surface area contributed by atoms with Gasteiger partial charge < -0.3 is 15.0 Å². The quantitative estimate of drug-likeness (QED) is 0.654. The number of nitrogens with zero attached hydrogens (tertiary/aromatic N) is 1. The summed E-state index contributed by atoms with van der Waals surface area (Å²) in [6.07, 6.45) is 0.466. The first-order chi connectivity index (χ1) is 13.5. The Bertz CT molecular complexity index is 814. The number of carbonyl (C=O) groups is 2. The number of amides is 2. The summed E-state index contributed by atoms with van der Waals surface area (Å²) in [7, 11) is 0. The molecule has 150 valence electrons. The normalized spacial score (nSPS) is 11.6. The molecule has 0 aliphatic rings. The number of nitrogens with one attached hydrogen (secondary N) is 1. The lowest BCUT2D eigenvalue weighted by Gasteiger charge is -2.30. The van der Waals surface area contributed by atoms with Gasteiger partial charge in [-0.05, 0) is 37.1 Å². The molecule has 0 heterocycles. The van der Waals surface area contributed by atoms with Crippen LogP contribution >= 0.6 is 23.2 Å². The summed E-state index contributed by atoms with van der Waals surface area (Å²) in [5.41, 5.74) is 0.762. The highest BCUT2D eigenvalue weighted by Gasteiger charge is 2.29. The van der Waals surface area contributed by atoms with Crippen molar-refractivity contribution in [2.75, 3.05) is 13.2 Å². The Morgan fingerprint density at radius 3 is 2.29 bits per heavy atom. The lowest BCUT2D eigenvalue weighted by Crippen LogP contribution is -2.50. The number of benzene rings is 2. The standard InChI is InChI=1S/C21H24Cl2N2O3/c1-3-18(21(27)24-4-2)25(13-15-9-5-6-10-16(15)22)20(26)14-28-19-12-8-7-11-17(19)23/h5-12,18H,3-4,13-14H2,1-2H3,(H,24,27)/t18-/m1/s1. The van der Waals surface area contributed by atoms with E-state index >= 15 is 0 Å². The molecular formula is C21H24Cl2N2O3. The van der Waals surface area contributed by atoms with Gasteiger partial charge >= 0.3 is 0 Å². The van der Waals surface area contributed by atoms with Crippen molar-refractivity contribution in [1.29, 1.82) is 0 Å². The second kappa shape index (κ2) is 10.9. The van der Waals surface area contributed by atoms with E-state index in [4.69, 9.17) is 27.9 Å². The number of para-hydroxylation sites is 1. The molecule has 1 atom stereocenters. The van der Waals surface area contributed by atoms with Crippen LogP contribution in [0.15, 0.2) is 48.5 Å². The number of ether oxygens (including phenoxy) is 1. The minimum Gasteiger partial charge on any atom is -0.482 e. The van der Waals surface area contributed by atoms with Crippen molar-refractivity contribution in [1.82, 2.24) is 10.2 Å². The fourth-order valence-corrected chi connectivity index (χ4v) is 3.19. The van der Waals surface area contributed by atoms with Crippen LogP contribution in [-0.2, 0) is 16.1 Å². The van der Waals surface area contributed by atoms with Gasteiger partial charge in [0.1, 0.15) is 11.8 Å². The minimum atomic E-state index is -0.626. The summed E-state index contributed by atoms with van der Waals surface area (Å²) in [6.45, 7) is 4.16. The molecule has 0 unspecified atom stereocenters. The monoisotopic (exact) mass is 422 g/mol. The van der Waals surface area contributed by atoms with Crippen LogP contribution in [-0.4, -0.2) is 35.9 Å². The number of likely N-dealkylation sites (N-methyl/N-ethyl adjacent to an activating group) is 1. The van der Waals surface area contributed by atoms with Crippen LogP contribution in [0, 0.1) is 0 Å². The molecule has 2 rings (SSSR count). The summed E-state index contributed by atoms with van der Waals surface area (Å²) in [5.74, 6) is -0.109. The number of halogens is 2. The highest BCUT2D eigenvalue weighted by molar-refractivity contribution is 6.32. The average Bonchev–Trinajstić information content (AvgIpc) is 2.68. The molecule has 5 nitrogen and oxygen atoms in total. The van der Waals surface area contributed by atoms with E-state index in [9.17, 15) is 9.59 Å². The number of hydrogen-bond acceptors (Lipinski definition) is 3. The maximum atomic E-state index is 13.0. The van der Waals surface area contributed by atoms with Crippen LogP contribution in [0.4, 0.5) is 0 Å². The molecule has 2 aromatic carbocycles. The average molecular weight is 423 g/mol. The van der Waals surface area contributed by atoms with Gasteiger partial charge in [-0.1, -0.05) is 60.5 Å². The van der Waals surface area contributed by atoms with Crippen LogP contribution in [0.1, 0.15) is 25.8 Å². The van der Waals surface area contributed by atoms with Gasteiger partial charge in [0.05, 0.1) is 5.02 Å². The Hall–Kier alpha value is -2.24. The topological polar surface area (TPSA) is 58.6 Å². The molecule has 1 N–H and O–H groups in total. The van der Waals surface area contributed by atoms with Crippen LogP contribution in [0.2, 0.25) is 10.0 Å². The Morgan fingerprint density at radius 2 is 1.68 bits per heavy atom. The third kappa shape index (κ3) is 5.88. The van der Waals surface area contributed by atoms with E-state index in [-0.39, 0.29) is 25.0 Å². The van der Waals surface area contributed by atoms with E-state index in [2.05, 4.69) is 5.32 Å². The third-order valence-electron chi connectivity index (χ3n) is 4.22. The van der Waals surface area contributed by atoms with Gasteiger partial charge in [-0.3, -0.25) is 9.59 Å². The summed E-state index contributed by atoms with van der Waals surface area (Å²) in [5, 5.41) is 3.75. The minimum absolute atomic E-state index is 0.205. The van der Waals surface area contributed by atoms with E-state index in [0.29, 0.717) is 28.8 Å². The van der Waals surface area contributed by atoms with Crippen molar-refractivity contribution in [3.63, 3.8) is 0 Å². The molecule has 0 spiro atoms. The largest absolute Gasteiger partial charge is 0.482 e. The zero-order chi connectivity index (χ0) is 20.5. The van der Waals surface area contributed by atoms with Gasteiger partial charge in [0.25, 0.3) is 5.91 Å². The van der Waals surface area contributed by atoms with Crippen molar-refractivity contribution < 1.29 is 14.3 Å². The molecule has 2 amide bonds. The maximum absolute atomic E-state index is 13.0. The molecule has 7 heteroatoms. The molecule has 0 fully saturated rings. The first-order valence-corrected chi connectivity index (χ1v) is 9.91. The highest BCUT2D eigenvalue weighted by Crippen LogP contribution is 2.24. The van der Waals surface area contributed by atoms with Gasteiger partial charge in [-0.15, -0.1) is 0 Å². The molecule has 28 heavy (non-hydrogen) atoms. The summed E-state index contributed by atoms with van der Waals surface area (Å²) >= 11 is 12.4. The van der Waals surface area contributed by atoms with Crippen molar-refractivity contribution in [2.45, 2.75) is 32.9 Å². The Labute approximate surface area is 175 Å². The van der Waals surface area contributed by atoms with Crippen molar-refractivity contribution in [3.05, 3.63) is 64.1 Å². The molecule has 0 aromatic heterocycles. The number of carbonyl (C=O) groups excluding carboxylic acids is 2. The lowest BCUT2D eigenvalue weighted by atomic mass is 10.1. The smallest absolute Gasteiger partial charge is 0.261 e. The fraction of sp³-hybridized carbons (Fsp3) is 0.333. The first-order valence-electron chi connectivity index (χ1n) is 9.15. The zero-order valence-corrected chi connectivity index (χ0v) is 17.5. The van der Waals surface area contributed by atoms with Gasteiger partial charge in [-0.25, -0.2) is 0 Å². The molecular weight excluding hydrogens is 399 g/mol. The lowest BCUT2D eigenvalue weighted by molar-refractivity contribution is -0.142. The van der Waals surface area contributed by atoms with Gasteiger partial charge in [0, 0.05) is 18.1 Å². The summed E-state index contributed by atoms with van der Waals surface area (Å²) in [6, 6.07) is 13.6. The molecule has 2 aromatic rings. The van der Waals surface area contributed by atoms with Crippen LogP contribution in [0.5, 0.6) is 5.75 Å². The predicted octanol–water partition coefficient (Wildman–Crippen LogP) is 4.32. The van der Waals surface area contributed by atoms with Gasteiger partial charge in [0.2, 0.25) is 5.91 Å². The Morgan fingerprint density at radius 1 is 1.04 bits per heavy atom. The van der Waals surface area contributed by atoms with E-state index in [0.717, 1.165) is 5.56 Å². The van der Waals surface area contributed by atoms with Crippen molar-refractivity contribution >= 4 is 35.0 Å².